The lowest BCUT2D eigenvalue weighted by molar-refractivity contribution is 0.0950. The standard InChI is InChI=1S/C26H24N4O4/c1-32-22-12-13-25(33-2)20(14-22)16-27-30-26(31)24-15-23(28-29-24)19-8-10-21(11-9-19)34-17-18-6-4-3-5-7-18/h3-16H,17H2,1-2H3,(H,28,29)(H,30,31)/b27-16-. The summed E-state index contributed by atoms with van der Waals surface area (Å²) in [5.74, 6) is 1.60. The molecule has 172 valence electrons. The van der Waals surface area contributed by atoms with Crippen LogP contribution < -0.4 is 19.6 Å². The van der Waals surface area contributed by atoms with Gasteiger partial charge in [-0.2, -0.15) is 10.2 Å². The van der Waals surface area contributed by atoms with E-state index in [-0.39, 0.29) is 5.69 Å². The second-order valence-electron chi connectivity index (χ2n) is 7.27. The van der Waals surface area contributed by atoms with Crippen molar-refractivity contribution < 1.29 is 19.0 Å². The molecule has 8 heteroatoms. The molecule has 0 unspecified atom stereocenters. The first-order chi connectivity index (χ1) is 16.7. The molecule has 0 saturated heterocycles. The number of hydrogen-bond donors (Lipinski definition) is 2. The van der Waals surface area contributed by atoms with Crippen molar-refractivity contribution in [1.29, 1.82) is 0 Å². The zero-order chi connectivity index (χ0) is 23.8. The van der Waals surface area contributed by atoms with Gasteiger partial charge >= 0.3 is 0 Å². The Morgan fingerprint density at radius 2 is 1.74 bits per heavy atom. The summed E-state index contributed by atoms with van der Waals surface area (Å²) in [6.07, 6.45) is 1.49. The first-order valence-corrected chi connectivity index (χ1v) is 10.5. The Bertz CT molecular complexity index is 1270. The van der Waals surface area contributed by atoms with Crippen molar-refractivity contribution in [3.8, 4) is 28.5 Å². The monoisotopic (exact) mass is 456 g/mol. The molecule has 0 aliphatic rings. The molecule has 0 fully saturated rings. The highest BCUT2D eigenvalue weighted by Crippen LogP contribution is 2.23. The number of H-pyrrole nitrogens is 1. The van der Waals surface area contributed by atoms with E-state index in [1.165, 1.54) is 6.21 Å². The van der Waals surface area contributed by atoms with Gasteiger partial charge in [0.05, 0.1) is 26.1 Å². The van der Waals surface area contributed by atoms with E-state index >= 15 is 0 Å². The molecule has 4 rings (SSSR count). The van der Waals surface area contributed by atoms with Gasteiger partial charge in [-0.05, 0) is 54.1 Å². The molecule has 0 saturated carbocycles. The quantitative estimate of drug-likeness (QED) is 0.287. The van der Waals surface area contributed by atoms with Gasteiger partial charge in [-0.1, -0.05) is 30.3 Å². The van der Waals surface area contributed by atoms with Crippen LogP contribution in [0.15, 0.2) is 84.0 Å². The van der Waals surface area contributed by atoms with E-state index in [4.69, 9.17) is 14.2 Å². The smallest absolute Gasteiger partial charge is 0.289 e. The Hall–Kier alpha value is -4.59. The molecule has 1 amide bonds. The molecule has 2 N–H and O–H groups in total. The van der Waals surface area contributed by atoms with Crippen molar-refractivity contribution >= 4 is 12.1 Å². The van der Waals surface area contributed by atoms with Gasteiger partial charge in [0.2, 0.25) is 0 Å². The fourth-order valence-corrected chi connectivity index (χ4v) is 3.21. The van der Waals surface area contributed by atoms with E-state index < -0.39 is 5.91 Å². The lowest BCUT2D eigenvalue weighted by atomic mass is 10.1. The average Bonchev–Trinajstić information content (AvgIpc) is 3.39. The van der Waals surface area contributed by atoms with Gasteiger partial charge in [0.25, 0.3) is 5.91 Å². The number of aromatic amines is 1. The highest BCUT2D eigenvalue weighted by molar-refractivity contribution is 5.94. The fourth-order valence-electron chi connectivity index (χ4n) is 3.21. The van der Waals surface area contributed by atoms with Crippen molar-refractivity contribution in [3.05, 3.63) is 95.7 Å². The molecular weight excluding hydrogens is 432 g/mol. The van der Waals surface area contributed by atoms with Gasteiger partial charge in [-0.25, -0.2) is 5.43 Å². The van der Waals surface area contributed by atoms with E-state index in [0.717, 1.165) is 16.9 Å². The van der Waals surface area contributed by atoms with Crippen LogP contribution in [0.5, 0.6) is 17.2 Å². The summed E-state index contributed by atoms with van der Waals surface area (Å²) in [6, 6.07) is 24.5. The zero-order valence-corrected chi connectivity index (χ0v) is 18.8. The van der Waals surface area contributed by atoms with Gasteiger partial charge < -0.3 is 14.2 Å². The van der Waals surface area contributed by atoms with Crippen LogP contribution in [0.3, 0.4) is 0 Å². The summed E-state index contributed by atoms with van der Waals surface area (Å²) >= 11 is 0. The fraction of sp³-hybridized carbons (Fsp3) is 0.115. The van der Waals surface area contributed by atoms with Crippen LogP contribution in [0, 0.1) is 0 Å². The van der Waals surface area contributed by atoms with E-state index in [0.29, 0.717) is 29.4 Å². The molecule has 0 radical (unpaired) electrons. The largest absolute Gasteiger partial charge is 0.497 e. The summed E-state index contributed by atoms with van der Waals surface area (Å²) in [6.45, 7) is 0.495. The Balaban J connectivity index is 1.36. The number of aromatic nitrogens is 2. The Labute approximate surface area is 197 Å². The van der Waals surface area contributed by atoms with Crippen LogP contribution >= 0.6 is 0 Å². The molecule has 4 aromatic rings. The van der Waals surface area contributed by atoms with Crippen LogP contribution in [-0.2, 0) is 6.61 Å². The van der Waals surface area contributed by atoms with Gasteiger partial charge in [-0.15, -0.1) is 0 Å². The van der Waals surface area contributed by atoms with Crippen molar-refractivity contribution in [1.82, 2.24) is 15.6 Å². The number of carbonyl (C=O) groups excluding carboxylic acids is 1. The maximum absolute atomic E-state index is 12.5. The topological polar surface area (TPSA) is 97.8 Å². The Kier molecular flexibility index (Phi) is 7.19. The third kappa shape index (κ3) is 5.60. The first-order valence-electron chi connectivity index (χ1n) is 10.5. The van der Waals surface area contributed by atoms with Crippen molar-refractivity contribution in [2.75, 3.05) is 14.2 Å². The van der Waals surface area contributed by atoms with Gasteiger partial charge in [0.15, 0.2) is 0 Å². The summed E-state index contributed by atoms with van der Waals surface area (Å²) < 4.78 is 16.3. The molecular formula is C26H24N4O4. The third-order valence-electron chi connectivity index (χ3n) is 5.03. The number of methoxy groups -OCH3 is 2. The zero-order valence-electron chi connectivity index (χ0n) is 18.8. The number of rotatable bonds is 9. The molecule has 1 aromatic heterocycles. The number of nitrogens with zero attached hydrogens (tertiary/aromatic N) is 2. The van der Waals surface area contributed by atoms with Crippen LogP contribution in [0.25, 0.3) is 11.3 Å². The summed E-state index contributed by atoms with van der Waals surface area (Å²) in [4.78, 5) is 12.5. The minimum atomic E-state index is -0.417. The molecule has 34 heavy (non-hydrogen) atoms. The second-order valence-corrected chi connectivity index (χ2v) is 7.27. The molecule has 0 aliphatic heterocycles. The average molecular weight is 457 g/mol. The summed E-state index contributed by atoms with van der Waals surface area (Å²) in [7, 11) is 3.14. The normalized spacial score (nSPS) is 10.8. The second kappa shape index (κ2) is 10.8. The molecule has 8 nitrogen and oxygen atoms in total. The molecule has 0 spiro atoms. The number of hydrazone groups is 1. The van der Waals surface area contributed by atoms with Crippen LogP contribution in [0.1, 0.15) is 21.6 Å². The van der Waals surface area contributed by atoms with Crippen molar-refractivity contribution in [2.45, 2.75) is 6.61 Å². The Morgan fingerprint density at radius 3 is 2.47 bits per heavy atom. The Morgan fingerprint density at radius 1 is 0.971 bits per heavy atom. The lowest BCUT2D eigenvalue weighted by Gasteiger charge is -2.06. The van der Waals surface area contributed by atoms with Crippen molar-refractivity contribution in [3.63, 3.8) is 0 Å². The van der Waals surface area contributed by atoms with Gasteiger partial charge in [-0.3, -0.25) is 9.89 Å². The highest BCUT2D eigenvalue weighted by atomic mass is 16.5. The highest BCUT2D eigenvalue weighted by Gasteiger charge is 2.11. The maximum atomic E-state index is 12.5. The number of carbonyl (C=O) groups is 1. The SMILES string of the molecule is COc1ccc(OC)c(/C=N\NC(=O)c2cc(-c3ccc(OCc4ccccc4)cc3)n[nH]2)c1. The van der Waals surface area contributed by atoms with Crippen LogP contribution in [0.4, 0.5) is 0 Å². The predicted molar refractivity (Wildman–Crippen MR) is 129 cm³/mol. The molecule has 0 aliphatic carbocycles. The molecule has 0 atom stereocenters. The third-order valence-corrected chi connectivity index (χ3v) is 5.03. The molecule has 3 aromatic carbocycles. The van der Waals surface area contributed by atoms with Crippen LogP contribution in [-0.4, -0.2) is 36.5 Å². The maximum Gasteiger partial charge on any atom is 0.289 e. The van der Waals surface area contributed by atoms with E-state index in [2.05, 4.69) is 20.7 Å². The first kappa shape index (κ1) is 22.6. The molecule has 0 bridgehead atoms. The van der Waals surface area contributed by atoms with E-state index in [1.54, 1.807) is 38.5 Å². The minimum absolute atomic E-state index is 0.286. The summed E-state index contributed by atoms with van der Waals surface area (Å²) in [5.41, 5.74) is 6.03. The van der Waals surface area contributed by atoms with Gasteiger partial charge in [0.1, 0.15) is 29.5 Å². The summed E-state index contributed by atoms with van der Waals surface area (Å²) in [5, 5.41) is 11.0. The minimum Gasteiger partial charge on any atom is -0.497 e. The van der Waals surface area contributed by atoms with Gasteiger partial charge in [0, 0.05) is 11.1 Å². The van der Waals surface area contributed by atoms with E-state index in [9.17, 15) is 4.79 Å². The number of amides is 1. The number of ether oxygens (including phenoxy) is 3. The number of benzene rings is 3. The lowest BCUT2D eigenvalue weighted by Crippen LogP contribution is -2.18. The van der Waals surface area contributed by atoms with E-state index in [1.807, 2.05) is 54.6 Å². The van der Waals surface area contributed by atoms with Crippen LogP contribution in [0.2, 0.25) is 0 Å². The number of nitrogens with one attached hydrogen (secondary N) is 2. The predicted octanol–water partition coefficient (Wildman–Crippen LogP) is 4.44. The number of hydrogen-bond acceptors (Lipinski definition) is 6. The van der Waals surface area contributed by atoms with Crippen molar-refractivity contribution in [2.24, 2.45) is 5.10 Å². The molecule has 1 heterocycles.